The van der Waals surface area contributed by atoms with Crippen molar-refractivity contribution in [2.45, 2.75) is 58.4 Å². The van der Waals surface area contributed by atoms with Crippen LogP contribution in [0, 0.1) is 0 Å². The van der Waals surface area contributed by atoms with E-state index < -0.39 is 0 Å². The summed E-state index contributed by atoms with van der Waals surface area (Å²) in [6, 6.07) is 8.40. The molecule has 0 aliphatic carbocycles. The molecule has 1 fully saturated rings. The number of unbranched alkanes of at least 4 members (excludes halogenated alkanes) is 4. The summed E-state index contributed by atoms with van der Waals surface area (Å²) in [5.74, 6) is 0.257. The predicted octanol–water partition coefficient (Wildman–Crippen LogP) is 3.87. The van der Waals surface area contributed by atoms with E-state index in [4.69, 9.17) is 0 Å². The molecule has 116 valence electrons. The largest absolute Gasteiger partial charge is 0.313 e. The summed E-state index contributed by atoms with van der Waals surface area (Å²) in [5.41, 5.74) is 2.33. The van der Waals surface area contributed by atoms with Crippen LogP contribution in [-0.2, 0) is 11.3 Å². The van der Waals surface area contributed by atoms with Gasteiger partial charge in [0.15, 0.2) is 0 Å². The summed E-state index contributed by atoms with van der Waals surface area (Å²) >= 11 is 0. The lowest BCUT2D eigenvalue weighted by molar-refractivity contribution is -0.117. The molecule has 0 bridgehead atoms. The van der Waals surface area contributed by atoms with Crippen molar-refractivity contribution in [1.29, 1.82) is 0 Å². The van der Waals surface area contributed by atoms with Gasteiger partial charge in [-0.25, -0.2) is 0 Å². The van der Waals surface area contributed by atoms with E-state index in [2.05, 4.69) is 36.5 Å². The van der Waals surface area contributed by atoms with E-state index in [0.29, 0.717) is 6.42 Å². The second-order valence-electron chi connectivity index (χ2n) is 5.91. The van der Waals surface area contributed by atoms with Crippen LogP contribution >= 0.6 is 0 Å². The molecule has 0 atom stereocenters. The summed E-state index contributed by atoms with van der Waals surface area (Å²) in [7, 11) is 0. The van der Waals surface area contributed by atoms with Gasteiger partial charge in [-0.15, -0.1) is 0 Å². The molecule has 1 N–H and O–H groups in total. The van der Waals surface area contributed by atoms with Gasteiger partial charge in [0.2, 0.25) is 5.91 Å². The smallest absolute Gasteiger partial charge is 0.227 e. The Labute approximate surface area is 128 Å². The third-order valence-electron chi connectivity index (χ3n) is 4.11. The van der Waals surface area contributed by atoms with Crippen LogP contribution in [-0.4, -0.2) is 19.0 Å². The Morgan fingerprint density at radius 2 is 1.86 bits per heavy atom. The summed E-state index contributed by atoms with van der Waals surface area (Å²) < 4.78 is 0. The molecule has 1 aliphatic rings. The van der Waals surface area contributed by atoms with Gasteiger partial charge in [0.1, 0.15) is 0 Å². The first-order chi connectivity index (χ1) is 10.3. The minimum absolute atomic E-state index is 0.257. The quantitative estimate of drug-likeness (QED) is 0.700. The molecule has 1 saturated heterocycles. The number of carbonyl (C=O) groups excluding carboxylic acids is 1. The number of hydrogen-bond donors (Lipinski definition) is 1. The Morgan fingerprint density at radius 3 is 2.52 bits per heavy atom. The highest BCUT2D eigenvalue weighted by molar-refractivity contribution is 5.95. The summed E-state index contributed by atoms with van der Waals surface area (Å²) in [4.78, 5) is 13.6. The Kier molecular flexibility index (Phi) is 6.74. The molecule has 0 radical (unpaired) electrons. The van der Waals surface area contributed by atoms with Crippen LogP contribution in [0.2, 0.25) is 0 Å². The topological polar surface area (TPSA) is 32.3 Å². The maximum Gasteiger partial charge on any atom is 0.227 e. The van der Waals surface area contributed by atoms with E-state index in [0.717, 1.165) is 31.7 Å². The van der Waals surface area contributed by atoms with Gasteiger partial charge in [-0.2, -0.15) is 0 Å². The number of carbonyl (C=O) groups is 1. The summed E-state index contributed by atoms with van der Waals surface area (Å²) in [6.07, 6.45) is 8.30. The lowest BCUT2D eigenvalue weighted by Crippen LogP contribution is -2.23. The third kappa shape index (κ3) is 5.16. The molecule has 1 aliphatic heterocycles. The normalized spacial score (nSPS) is 14.9. The average molecular weight is 288 g/mol. The van der Waals surface area contributed by atoms with E-state index in [1.54, 1.807) is 0 Å². The SMILES string of the molecule is CCCCCCCNCc1ccc(N2CCCC2=O)cc1. The molecule has 1 heterocycles. The van der Waals surface area contributed by atoms with Gasteiger partial charge in [-0.3, -0.25) is 4.79 Å². The molecule has 1 aromatic rings. The van der Waals surface area contributed by atoms with Crippen LogP contribution in [0.25, 0.3) is 0 Å². The molecule has 3 nitrogen and oxygen atoms in total. The van der Waals surface area contributed by atoms with Crippen molar-refractivity contribution >= 4 is 11.6 Å². The second-order valence-corrected chi connectivity index (χ2v) is 5.91. The fourth-order valence-electron chi connectivity index (χ4n) is 2.80. The van der Waals surface area contributed by atoms with Crippen molar-refractivity contribution in [2.24, 2.45) is 0 Å². The lowest BCUT2D eigenvalue weighted by Gasteiger charge is -2.16. The number of anilines is 1. The fourth-order valence-corrected chi connectivity index (χ4v) is 2.80. The van der Waals surface area contributed by atoms with Crippen LogP contribution in [0.4, 0.5) is 5.69 Å². The standard InChI is InChI=1S/C18H28N2O/c1-2-3-4-5-6-13-19-15-16-9-11-17(12-10-16)20-14-7-8-18(20)21/h9-12,19H,2-8,13-15H2,1H3. The van der Waals surface area contributed by atoms with Crippen molar-refractivity contribution in [3.63, 3.8) is 0 Å². The number of nitrogens with one attached hydrogen (secondary N) is 1. The molecular formula is C18H28N2O. The van der Waals surface area contributed by atoms with E-state index in [-0.39, 0.29) is 5.91 Å². The third-order valence-corrected chi connectivity index (χ3v) is 4.11. The first kappa shape index (κ1) is 16.0. The van der Waals surface area contributed by atoms with Crippen molar-refractivity contribution in [1.82, 2.24) is 5.32 Å². The Hall–Kier alpha value is -1.35. The van der Waals surface area contributed by atoms with Gasteiger partial charge < -0.3 is 10.2 Å². The number of hydrogen-bond acceptors (Lipinski definition) is 2. The Balaban J connectivity index is 1.67. The van der Waals surface area contributed by atoms with Crippen molar-refractivity contribution in [3.05, 3.63) is 29.8 Å². The summed E-state index contributed by atoms with van der Waals surface area (Å²) in [5, 5.41) is 3.50. The molecule has 0 aromatic heterocycles. The van der Waals surface area contributed by atoms with Gasteiger partial charge in [0.05, 0.1) is 0 Å². The van der Waals surface area contributed by atoms with Crippen LogP contribution in [0.15, 0.2) is 24.3 Å². The summed E-state index contributed by atoms with van der Waals surface area (Å²) in [6.45, 7) is 5.13. The number of amides is 1. The van der Waals surface area contributed by atoms with Crippen molar-refractivity contribution < 1.29 is 4.79 Å². The van der Waals surface area contributed by atoms with Gasteiger partial charge in [-0.05, 0) is 37.1 Å². The maximum absolute atomic E-state index is 11.7. The molecule has 1 amide bonds. The maximum atomic E-state index is 11.7. The van der Waals surface area contributed by atoms with Crippen LogP contribution in [0.3, 0.4) is 0 Å². The first-order valence-corrected chi connectivity index (χ1v) is 8.41. The molecule has 0 spiro atoms. The zero-order valence-corrected chi connectivity index (χ0v) is 13.2. The van der Waals surface area contributed by atoms with Gasteiger partial charge >= 0.3 is 0 Å². The Bertz CT molecular complexity index is 427. The number of nitrogens with zero attached hydrogens (tertiary/aromatic N) is 1. The van der Waals surface area contributed by atoms with Crippen LogP contribution in [0.1, 0.15) is 57.4 Å². The minimum atomic E-state index is 0.257. The van der Waals surface area contributed by atoms with Gasteiger partial charge in [-0.1, -0.05) is 44.7 Å². The van der Waals surface area contributed by atoms with E-state index in [9.17, 15) is 4.79 Å². The fraction of sp³-hybridized carbons (Fsp3) is 0.611. The molecule has 2 rings (SSSR count). The highest BCUT2D eigenvalue weighted by Crippen LogP contribution is 2.21. The van der Waals surface area contributed by atoms with Crippen molar-refractivity contribution in [3.8, 4) is 0 Å². The monoisotopic (exact) mass is 288 g/mol. The van der Waals surface area contributed by atoms with Gasteiger partial charge in [0, 0.05) is 25.2 Å². The van der Waals surface area contributed by atoms with E-state index >= 15 is 0 Å². The minimum Gasteiger partial charge on any atom is -0.313 e. The zero-order chi connectivity index (χ0) is 14.9. The van der Waals surface area contributed by atoms with Crippen molar-refractivity contribution in [2.75, 3.05) is 18.0 Å². The molecule has 0 saturated carbocycles. The second kappa shape index (κ2) is 8.83. The Morgan fingerprint density at radius 1 is 1.10 bits per heavy atom. The molecular weight excluding hydrogens is 260 g/mol. The molecule has 3 heteroatoms. The molecule has 0 unspecified atom stereocenters. The highest BCUT2D eigenvalue weighted by atomic mass is 16.2. The number of rotatable bonds is 9. The number of benzene rings is 1. The predicted molar refractivity (Wildman–Crippen MR) is 88.5 cm³/mol. The van der Waals surface area contributed by atoms with Gasteiger partial charge in [0.25, 0.3) is 0 Å². The van der Waals surface area contributed by atoms with E-state index in [1.807, 2.05) is 4.90 Å². The average Bonchev–Trinajstić information content (AvgIpc) is 2.93. The highest BCUT2D eigenvalue weighted by Gasteiger charge is 2.21. The molecule has 21 heavy (non-hydrogen) atoms. The zero-order valence-electron chi connectivity index (χ0n) is 13.2. The van der Waals surface area contributed by atoms with Crippen LogP contribution in [0.5, 0.6) is 0 Å². The first-order valence-electron chi connectivity index (χ1n) is 8.41. The lowest BCUT2D eigenvalue weighted by atomic mass is 10.1. The van der Waals surface area contributed by atoms with Crippen LogP contribution < -0.4 is 10.2 Å². The van der Waals surface area contributed by atoms with E-state index in [1.165, 1.54) is 37.7 Å². The molecule has 1 aromatic carbocycles.